The number of amides is 1. The van der Waals surface area contributed by atoms with E-state index in [2.05, 4.69) is 5.32 Å². The Labute approximate surface area is 145 Å². The third-order valence-electron chi connectivity index (χ3n) is 3.15. The fourth-order valence-corrected chi connectivity index (χ4v) is 2.24. The first-order chi connectivity index (χ1) is 11.4. The number of benzene rings is 2. The van der Waals surface area contributed by atoms with Gasteiger partial charge in [0.05, 0.1) is 18.7 Å². The Bertz CT molecular complexity index is 717. The molecule has 6 heteroatoms. The summed E-state index contributed by atoms with van der Waals surface area (Å²) in [5, 5.41) is 2.96. The lowest BCUT2D eigenvalue weighted by Crippen LogP contribution is -2.13. The molecule has 128 valence electrons. The van der Waals surface area contributed by atoms with E-state index in [-0.39, 0.29) is 11.7 Å². The van der Waals surface area contributed by atoms with Crippen LogP contribution in [0.15, 0.2) is 36.4 Å². The lowest BCUT2D eigenvalue weighted by Gasteiger charge is -2.15. The molecule has 1 amide bonds. The highest BCUT2D eigenvalue weighted by Gasteiger charge is 2.16. The van der Waals surface area contributed by atoms with Gasteiger partial charge in [-0.05, 0) is 42.3 Å². The zero-order valence-corrected chi connectivity index (χ0v) is 14.5. The van der Waals surface area contributed by atoms with Gasteiger partial charge in [0.25, 0.3) is 5.91 Å². The van der Waals surface area contributed by atoms with E-state index in [4.69, 9.17) is 21.1 Å². The van der Waals surface area contributed by atoms with Crippen LogP contribution in [-0.2, 0) is 0 Å². The number of ether oxygens (including phenoxy) is 2. The predicted molar refractivity (Wildman–Crippen MR) is 92.7 cm³/mol. The van der Waals surface area contributed by atoms with Crippen molar-refractivity contribution in [3.8, 4) is 11.5 Å². The Balaban J connectivity index is 2.22. The maximum atomic E-state index is 12.9. The van der Waals surface area contributed by atoms with Crippen LogP contribution in [0.5, 0.6) is 11.5 Å². The van der Waals surface area contributed by atoms with Crippen molar-refractivity contribution in [2.75, 3.05) is 19.0 Å². The molecular weight excluding hydrogens is 333 g/mol. The summed E-state index contributed by atoms with van der Waals surface area (Å²) in [6, 6.07) is 8.56. The maximum absolute atomic E-state index is 12.9. The van der Waals surface area contributed by atoms with Crippen LogP contribution in [0.4, 0.5) is 10.1 Å². The molecule has 0 atom stereocenters. The lowest BCUT2D eigenvalue weighted by atomic mass is 10.1. The van der Waals surface area contributed by atoms with Gasteiger partial charge < -0.3 is 14.8 Å². The summed E-state index contributed by atoms with van der Waals surface area (Å²) in [6.45, 7) is 4.52. The Hall–Kier alpha value is -2.27. The Morgan fingerprint density at radius 3 is 2.50 bits per heavy atom. The normalized spacial score (nSPS) is 10.6. The minimum atomic E-state index is -0.378. The fraction of sp³-hybridized carbons (Fsp3) is 0.278. The van der Waals surface area contributed by atoms with E-state index in [1.165, 1.54) is 37.4 Å². The van der Waals surface area contributed by atoms with Crippen LogP contribution in [0.1, 0.15) is 24.2 Å². The molecule has 0 fully saturated rings. The highest BCUT2D eigenvalue weighted by atomic mass is 35.5. The molecule has 4 nitrogen and oxygen atoms in total. The largest absolute Gasteiger partial charge is 0.493 e. The number of nitrogens with one attached hydrogen (secondary N) is 1. The van der Waals surface area contributed by atoms with E-state index in [1.54, 1.807) is 6.07 Å². The molecule has 0 bridgehead atoms. The van der Waals surface area contributed by atoms with Crippen molar-refractivity contribution in [1.82, 2.24) is 0 Å². The van der Waals surface area contributed by atoms with Crippen molar-refractivity contribution in [2.45, 2.75) is 13.8 Å². The Morgan fingerprint density at radius 1 is 1.25 bits per heavy atom. The van der Waals surface area contributed by atoms with Crippen LogP contribution in [0, 0.1) is 11.7 Å². The minimum absolute atomic E-state index is 0.291. The molecule has 0 saturated carbocycles. The molecule has 0 unspecified atom stereocenters. The van der Waals surface area contributed by atoms with E-state index in [1.807, 2.05) is 13.8 Å². The highest BCUT2D eigenvalue weighted by Crippen LogP contribution is 2.36. The molecule has 1 N–H and O–H groups in total. The van der Waals surface area contributed by atoms with Gasteiger partial charge in [-0.2, -0.15) is 0 Å². The molecule has 0 saturated heterocycles. The molecule has 2 aromatic rings. The zero-order chi connectivity index (χ0) is 17.7. The van der Waals surface area contributed by atoms with Gasteiger partial charge in [0, 0.05) is 11.3 Å². The van der Waals surface area contributed by atoms with Crippen LogP contribution < -0.4 is 14.8 Å². The summed E-state index contributed by atoms with van der Waals surface area (Å²) in [5.74, 6) is 0.368. The number of halogens is 2. The van der Waals surface area contributed by atoms with Crippen molar-refractivity contribution in [1.29, 1.82) is 0 Å². The first-order valence-corrected chi connectivity index (χ1v) is 7.85. The number of anilines is 1. The summed E-state index contributed by atoms with van der Waals surface area (Å²) in [7, 11) is 1.48. The zero-order valence-electron chi connectivity index (χ0n) is 13.7. The van der Waals surface area contributed by atoms with Crippen LogP contribution >= 0.6 is 11.6 Å². The van der Waals surface area contributed by atoms with Gasteiger partial charge in [0.2, 0.25) is 0 Å². The number of carbonyl (C=O) groups excluding carboxylic acids is 1. The van der Waals surface area contributed by atoms with Crippen molar-refractivity contribution >= 4 is 23.2 Å². The van der Waals surface area contributed by atoms with Gasteiger partial charge in [-0.15, -0.1) is 0 Å². The second-order valence-corrected chi connectivity index (χ2v) is 6.06. The van der Waals surface area contributed by atoms with E-state index in [0.717, 1.165) is 0 Å². The number of hydrogen-bond donors (Lipinski definition) is 1. The summed E-state index contributed by atoms with van der Waals surface area (Å²) in [6.07, 6.45) is 0. The average molecular weight is 352 g/mol. The average Bonchev–Trinajstić information content (AvgIpc) is 2.54. The van der Waals surface area contributed by atoms with E-state index < -0.39 is 0 Å². The van der Waals surface area contributed by atoms with Gasteiger partial charge >= 0.3 is 0 Å². The van der Waals surface area contributed by atoms with Gasteiger partial charge in [0.1, 0.15) is 5.82 Å². The second-order valence-electron chi connectivity index (χ2n) is 5.66. The molecule has 2 aromatic carbocycles. The first kappa shape index (κ1) is 18.1. The van der Waals surface area contributed by atoms with Gasteiger partial charge in [-0.1, -0.05) is 25.4 Å². The lowest BCUT2D eigenvalue weighted by molar-refractivity contribution is 0.102. The molecule has 0 spiro atoms. The van der Waals surface area contributed by atoms with Crippen LogP contribution in [0.3, 0.4) is 0 Å². The number of methoxy groups -OCH3 is 1. The van der Waals surface area contributed by atoms with Crippen molar-refractivity contribution in [3.63, 3.8) is 0 Å². The van der Waals surface area contributed by atoms with Gasteiger partial charge in [-0.3, -0.25) is 4.79 Å². The molecule has 0 heterocycles. The summed E-state index contributed by atoms with van der Waals surface area (Å²) >= 11 is 6.23. The number of rotatable bonds is 6. The third-order valence-corrected chi connectivity index (χ3v) is 3.44. The fourth-order valence-electron chi connectivity index (χ4n) is 1.98. The number of carbonyl (C=O) groups is 1. The van der Waals surface area contributed by atoms with Crippen LogP contribution in [-0.4, -0.2) is 19.6 Å². The van der Waals surface area contributed by atoms with E-state index in [9.17, 15) is 9.18 Å². The maximum Gasteiger partial charge on any atom is 0.255 e. The monoisotopic (exact) mass is 351 g/mol. The summed E-state index contributed by atoms with van der Waals surface area (Å²) in [5.41, 5.74) is 0.801. The summed E-state index contributed by atoms with van der Waals surface area (Å²) in [4.78, 5) is 12.3. The summed E-state index contributed by atoms with van der Waals surface area (Å²) < 4.78 is 23.8. The molecule has 24 heavy (non-hydrogen) atoms. The SMILES string of the molecule is COc1cc(C(=O)Nc2ccc(F)cc2)cc(Cl)c1OCC(C)C. The van der Waals surface area contributed by atoms with Gasteiger partial charge in [0.15, 0.2) is 11.5 Å². The smallest absolute Gasteiger partial charge is 0.255 e. The Kier molecular flexibility index (Phi) is 6.04. The molecule has 2 rings (SSSR count). The van der Waals surface area contributed by atoms with E-state index in [0.29, 0.717) is 40.3 Å². The molecule has 0 aromatic heterocycles. The van der Waals surface area contributed by atoms with Crippen LogP contribution in [0.2, 0.25) is 5.02 Å². The van der Waals surface area contributed by atoms with E-state index >= 15 is 0 Å². The van der Waals surface area contributed by atoms with Crippen molar-refractivity contribution < 1.29 is 18.7 Å². The standard InChI is InChI=1S/C18H19ClFNO3/c1-11(2)10-24-17-15(19)8-12(9-16(17)23-3)18(22)21-14-6-4-13(20)5-7-14/h4-9,11H,10H2,1-3H3,(H,21,22). The molecular formula is C18H19ClFNO3. The molecule has 0 aliphatic heterocycles. The van der Waals surface area contributed by atoms with Crippen molar-refractivity contribution in [3.05, 3.63) is 52.8 Å². The quantitative estimate of drug-likeness (QED) is 0.815. The second kappa shape index (κ2) is 8.02. The Morgan fingerprint density at radius 2 is 1.92 bits per heavy atom. The molecule has 0 aliphatic carbocycles. The van der Waals surface area contributed by atoms with Crippen molar-refractivity contribution in [2.24, 2.45) is 5.92 Å². The first-order valence-electron chi connectivity index (χ1n) is 7.48. The highest BCUT2D eigenvalue weighted by molar-refractivity contribution is 6.32. The molecule has 0 aliphatic rings. The molecule has 0 radical (unpaired) electrons. The minimum Gasteiger partial charge on any atom is -0.493 e. The topological polar surface area (TPSA) is 47.6 Å². The predicted octanol–water partition coefficient (Wildman–Crippen LogP) is 4.77. The number of hydrogen-bond acceptors (Lipinski definition) is 3. The third kappa shape index (κ3) is 4.61. The van der Waals surface area contributed by atoms with Gasteiger partial charge in [-0.25, -0.2) is 4.39 Å². The van der Waals surface area contributed by atoms with Crippen LogP contribution in [0.25, 0.3) is 0 Å².